The van der Waals surface area contributed by atoms with E-state index in [-0.39, 0.29) is 18.0 Å². The molecule has 0 spiro atoms. The normalized spacial score (nSPS) is 11.7. The molecule has 1 aromatic heterocycles. The van der Waals surface area contributed by atoms with Gasteiger partial charge < -0.3 is 5.32 Å². The molecular weight excluding hydrogens is 327 g/mol. The summed E-state index contributed by atoms with van der Waals surface area (Å²) in [6, 6.07) is 5.53. The van der Waals surface area contributed by atoms with Crippen molar-refractivity contribution in [3.63, 3.8) is 0 Å². The molecule has 0 unspecified atom stereocenters. The van der Waals surface area contributed by atoms with Crippen LogP contribution in [-0.4, -0.2) is 22.8 Å². The number of carbonyl (C=O) groups is 1. The van der Waals surface area contributed by atoms with Gasteiger partial charge in [0, 0.05) is 25.4 Å². The van der Waals surface area contributed by atoms with Gasteiger partial charge in [0.25, 0.3) is 0 Å². The van der Waals surface area contributed by atoms with Gasteiger partial charge in [0.15, 0.2) is 5.13 Å². The zero-order chi connectivity index (χ0) is 17.0. The topological polar surface area (TPSA) is 45.2 Å². The largest absolute Gasteiger partial charge is 0.416 e. The Bertz CT molecular complexity index is 685. The van der Waals surface area contributed by atoms with Crippen LogP contribution in [0.25, 0.3) is 0 Å². The van der Waals surface area contributed by atoms with Crippen LogP contribution in [0.5, 0.6) is 0 Å². The number of amides is 1. The second kappa shape index (κ2) is 7.10. The van der Waals surface area contributed by atoms with Gasteiger partial charge in [-0.05, 0) is 18.7 Å². The first kappa shape index (κ1) is 17.4. The fourth-order valence-electron chi connectivity index (χ4n) is 2.15. The summed E-state index contributed by atoms with van der Waals surface area (Å²) in [4.78, 5) is 16.9. The smallest absolute Gasteiger partial charge is 0.302 e. The van der Waals surface area contributed by atoms with Crippen molar-refractivity contribution < 1.29 is 18.0 Å². The van der Waals surface area contributed by atoms with Crippen molar-refractivity contribution in [2.24, 2.45) is 0 Å². The second-order valence-electron chi connectivity index (χ2n) is 5.15. The lowest BCUT2D eigenvalue weighted by Crippen LogP contribution is -2.20. The van der Waals surface area contributed by atoms with Crippen LogP contribution in [0, 0.1) is 0 Å². The molecule has 1 amide bonds. The van der Waals surface area contributed by atoms with Crippen LogP contribution in [0.1, 0.15) is 23.7 Å². The van der Waals surface area contributed by atoms with Crippen molar-refractivity contribution in [3.05, 3.63) is 46.5 Å². The van der Waals surface area contributed by atoms with E-state index in [1.165, 1.54) is 30.4 Å². The fourth-order valence-corrected chi connectivity index (χ4v) is 2.89. The average molecular weight is 343 g/mol. The number of alkyl halides is 3. The second-order valence-corrected chi connectivity index (χ2v) is 6.01. The van der Waals surface area contributed by atoms with Crippen molar-refractivity contribution in [2.75, 3.05) is 12.4 Å². The third-order valence-electron chi connectivity index (χ3n) is 3.03. The van der Waals surface area contributed by atoms with E-state index in [1.54, 1.807) is 23.4 Å². The lowest BCUT2D eigenvalue weighted by Gasteiger charge is -2.19. The van der Waals surface area contributed by atoms with Gasteiger partial charge in [-0.15, -0.1) is 11.3 Å². The minimum atomic E-state index is -4.36. The van der Waals surface area contributed by atoms with Gasteiger partial charge in [-0.2, -0.15) is 13.2 Å². The van der Waals surface area contributed by atoms with E-state index in [9.17, 15) is 18.0 Å². The predicted molar refractivity (Wildman–Crippen MR) is 83.0 cm³/mol. The summed E-state index contributed by atoms with van der Waals surface area (Å²) in [5.74, 6) is -0.210. The number of halogens is 3. The molecule has 0 saturated carbocycles. The number of benzene rings is 1. The van der Waals surface area contributed by atoms with Gasteiger partial charge in [0.05, 0.1) is 11.3 Å². The van der Waals surface area contributed by atoms with Gasteiger partial charge in [-0.25, -0.2) is 4.98 Å². The van der Waals surface area contributed by atoms with E-state index < -0.39 is 11.7 Å². The number of aromatic nitrogens is 1. The Balaban J connectivity index is 2.04. The van der Waals surface area contributed by atoms with Crippen LogP contribution >= 0.6 is 11.3 Å². The van der Waals surface area contributed by atoms with Gasteiger partial charge in [-0.3, -0.25) is 9.69 Å². The molecule has 0 aliphatic carbocycles. The average Bonchev–Trinajstić information content (AvgIpc) is 2.84. The number of nitrogens with zero attached hydrogens (tertiary/aromatic N) is 2. The van der Waals surface area contributed by atoms with Crippen LogP contribution in [0.2, 0.25) is 0 Å². The summed E-state index contributed by atoms with van der Waals surface area (Å²) >= 11 is 1.28. The van der Waals surface area contributed by atoms with E-state index >= 15 is 0 Å². The molecule has 0 fully saturated rings. The summed E-state index contributed by atoms with van der Waals surface area (Å²) in [6.45, 7) is 1.94. The number of hydrogen-bond acceptors (Lipinski definition) is 4. The molecule has 0 aliphatic rings. The molecule has 1 heterocycles. The van der Waals surface area contributed by atoms with Gasteiger partial charge in [0.2, 0.25) is 5.91 Å². The highest BCUT2D eigenvalue weighted by Crippen LogP contribution is 2.32. The van der Waals surface area contributed by atoms with Crippen LogP contribution in [0.15, 0.2) is 29.6 Å². The maximum atomic E-state index is 13.0. The van der Waals surface area contributed by atoms with Crippen molar-refractivity contribution in [2.45, 2.75) is 26.2 Å². The molecule has 124 valence electrons. The Morgan fingerprint density at radius 3 is 2.65 bits per heavy atom. The maximum absolute atomic E-state index is 13.0. The highest BCUT2D eigenvalue weighted by atomic mass is 32.1. The zero-order valence-corrected chi connectivity index (χ0v) is 13.5. The van der Waals surface area contributed by atoms with E-state index in [0.29, 0.717) is 17.4 Å². The summed E-state index contributed by atoms with van der Waals surface area (Å²) in [6.07, 6.45) is -4.36. The molecule has 0 bridgehead atoms. The van der Waals surface area contributed by atoms with E-state index in [1.807, 2.05) is 0 Å². The van der Waals surface area contributed by atoms with Crippen molar-refractivity contribution >= 4 is 22.4 Å². The SMILES string of the molecule is CC(=O)Nc1nc(CN(C)Cc2ccccc2C(F)(F)F)cs1. The molecular formula is C15H16F3N3OS. The number of nitrogens with one attached hydrogen (secondary N) is 1. The number of anilines is 1. The highest BCUT2D eigenvalue weighted by molar-refractivity contribution is 7.13. The molecule has 8 heteroatoms. The minimum absolute atomic E-state index is 0.155. The molecule has 0 radical (unpaired) electrons. The Labute approximate surface area is 136 Å². The highest BCUT2D eigenvalue weighted by Gasteiger charge is 2.32. The first-order valence-corrected chi connectivity index (χ1v) is 7.69. The first-order chi connectivity index (χ1) is 10.8. The Kier molecular flexibility index (Phi) is 5.38. The van der Waals surface area contributed by atoms with Crippen LogP contribution in [0.3, 0.4) is 0 Å². The lowest BCUT2D eigenvalue weighted by atomic mass is 10.1. The minimum Gasteiger partial charge on any atom is -0.302 e. The lowest BCUT2D eigenvalue weighted by molar-refractivity contribution is -0.138. The number of thiazole rings is 1. The first-order valence-electron chi connectivity index (χ1n) is 6.81. The molecule has 1 N–H and O–H groups in total. The predicted octanol–water partition coefficient (Wildman–Crippen LogP) is 3.75. The number of carbonyl (C=O) groups excluding carboxylic acids is 1. The van der Waals surface area contributed by atoms with Crippen LogP contribution in [0.4, 0.5) is 18.3 Å². The molecule has 2 aromatic rings. The molecule has 2 rings (SSSR count). The summed E-state index contributed by atoms with van der Waals surface area (Å²) in [7, 11) is 1.73. The molecule has 0 aliphatic heterocycles. The van der Waals surface area contributed by atoms with Crippen molar-refractivity contribution in [3.8, 4) is 0 Å². The van der Waals surface area contributed by atoms with E-state index in [0.717, 1.165) is 6.07 Å². The van der Waals surface area contributed by atoms with Crippen molar-refractivity contribution in [1.29, 1.82) is 0 Å². The summed E-state index contributed by atoms with van der Waals surface area (Å²) in [5, 5.41) is 4.84. The summed E-state index contributed by atoms with van der Waals surface area (Å²) in [5.41, 5.74) is 0.301. The van der Waals surface area contributed by atoms with Gasteiger partial charge >= 0.3 is 6.18 Å². The maximum Gasteiger partial charge on any atom is 0.416 e. The van der Waals surface area contributed by atoms with E-state index in [4.69, 9.17) is 0 Å². The molecule has 0 atom stereocenters. The zero-order valence-electron chi connectivity index (χ0n) is 12.6. The Morgan fingerprint density at radius 1 is 1.30 bits per heavy atom. The third-order valence-corrected chi connectivity index (χ3v) is 3.84. The summed E-state index contributed by atoms with van der Waals surface area (Å²) < 4.78 is 38.9. The fraction of sp³-hybridized carbons (Fsp3) is 0.333. The monoisotopic (exact) mass is 343 g/mol. The Morgan fingerprint density at radius 2 is 2.00 bits per heavy atom. The number of hydrogen-bond donors (Lipinski definition) is 1. The van der Waals surface area contributed by atoms with Crippen LogP contribution in [-0.2, 0) is 24.1 Å². The van der Waals surface area contributed by atoms with Crippen LogP contribution < -0.4 is 5.32 Å². The molecule has 23 heavy (non-hydrogen) atoms. The molecule has 1 aromatic carbocycles. The third kappa shape index (κ3) is 5.04. The Hall–Kier alpha value is -1.93. The van der Waals surface area contributed by atoms with Gasteiger partial charge in [0.1, 0.15) is 0 Å². The van der Waals surface area contributed by atoms with E-state index in [2.05, 4.69) is 10.3 Å². The number of rotatable bonds is 5. The van der Waals surface area contributed by atoms with Crippen molar-refractivity contribution in [1.82, 2.24) is 9.88 Å². The molecule has 0 saturated heterocycles. The van der Waals surface area contributed by atoms with Gasteiger partial charge in [-0.1, -0.05) is 18.2 Å². The molecule has 4 nitrogen and oxygen atoms in total. The quantitative estimate of drug-likeness (QED) is 0.899. The standard InChI is InChI=1S/C15H16F3N3OS/c1-10(22)19-14-20-12(9-23-14)8-21(2)7-11-5-3-4-6-13(11)15(16,17)18/h3-6,9H,7-8H2,1-2H3,(H,19,20,22).